The number of amides is 2. The van der Waals surface area contributed by atoms with E-state index in [1.165, 1.54) is 0 Å². The first kappa shape index (κ1) is 15.7. The van der Waals surface area contributed by atoms with E-state index in [4.69, 9.17) is 23.2 Å². The van der Waals surface area contributed by atoms with Gasteiger partial charge in [-0.25, -0.2) is 4.79 Å². The smallest absolute Gasteiger partial charge is 0.319 e. The molecular formula is C16H16Cl2N2O. The molecule has 2 rings (SSSR count). The highest BCUT2D eigenvalue weighted by atomic mass is 35.5. The predicted octanol–water partition coefficient (Wildman–Crippen LogP) is 5.05. The van der Waals surface area contributed by atoms with Crippen LogP contribution in [0.5, 0.6) is 0 Å². The molecule has 0 radical (unpaired) electrons. The van der Waals surface area contributed by atoms with Crippen LogP contribution in [0.4, 0.5) is 10.5 Å². The van der Waals surface area contributed by atoms with E-state index >= 15 is 0 Å². The highest BCUT2D eigenvalue weighted by Gasteiger charge is 2.23. The van der Waals surface area contributed by atoms with Gasteiger partial charge in [0.1, 0.15) is 0 Å². The summed E-state index contributed by atoms with van der Waals surface area (Å²) in [5.74, 6) is 0. The number of anilines is 1. The van der Waals surface area contributed by atoms with Crippen LogP contribution in [0, 0.1) is 0 Å². The minimum Gasteiger partial charge on any atom is -0.329 e. The van der Waals surface area contributed by atoms with Crippen molar-refractivity contribution < 1.29 is 4.79 Å². The van der Waals surface area contributed by atoms with Gasteiger partial charge in [0.05, 0.1) is 5.54 Å². The van der Waals surface area contributed by atoms with E-state index in [1.807, 2.05) is 32.0 Å². The van der Waals surface area contributed by atoms with Gasteiger partial charge in [0.15, 0.2) is 0 Å². The number of carbonyl (C=O) groups is 1. The average molecular weight is 323 g/mol. The normalized spacial score (nSPS) is 11.0. The Morgan fingerprint density at radius 2 is 1.62 bits per heavy atom. The quantitative estimate of drug-likeness (QED) is 0.815. The van der Waals surface area contributed by atoms with Crippen LogP contribution in [-0.2, 0) is 5.54 Å². The zero-order chi connectivity index (χ0) is 15.5. The Morgan fingerprint density at radius 3 is 2.24 bits per heavy atom. The third kappa shape index (κ3) is 4.38. The fourth-order valence-electron chi connectivity index (χ4n) is 1.96. The first-order valence-corrected chi connectivity index (χ1v) is 7.23. The van der Waals surface area contributed by atoms with Crippen LogP contribution >= 0.6 is 23.2 Å². The van der Waals surface area contributed by atoms with Crippen molar-refractivity contribution in [2.24, 2.45) is 0 Å². The van der Waals surface area contributed by atoms with E-state index in [1.54, 1.807) is 30.3 Å². The lowest BCUT2D eigenvalue weighted by molar-refractivity contribution is 0.242. The second-order valence-corrected chi connectivity index (χ2v) is 6.10. The maximum Gasteiger partial charge on any atom is 0.319 e. The molecule has 0 saturated carbocycles. The van der Waals surface area contributed by atoms with Gasteiger partial charge in [0.25, 0.3) is 0 Å². The number of urea groups is 1. The standard InChI is InChI=1S/C16H16Cl2N2O/c1-16(2,11-5-3-6-12(17)9-11)20-15(21)19-14-8-4-7-13(18)10-14/h3-10H,1-2H3,(H2,19,20,21). The molecule has 2 N–H and O–H groups in total. The fourth-order valence-corrected chi connectivity index (χ4v) is 2.34. The molecule has 0 aliphatic heterocycles. The summed E-state index contributed by atoms with van der Waals surface area (Å²) < 4.78 is 0. The molecule has 0 unspecified atom stereocenters. The van der Waals surface area contributed by atoms with Crippen LogP contribution < -0.4 is 10.6 Å². The lowest BCUT2D eigenvalue weighted by atomic mass is 9.94. The zero-order valence-electron chi connectivity index (χ0n) is 11.8. The lowest BCUT2D eigenvalue weighted by Gasteiger charge is -2.27. The van der Waals surface area contributed by atoms with E-state index in [9.17, 15) is 4.79 Å². The predicted molar refractivity (Wildman–Crippen MR) is 88.1 cm³/mol. The van der Waals surface area contributed by atoms with Crippen molar-refractivity contribution in [3.05, 3.63) is 64.1 Å². The van der Waals surface area contributed by atoms with E-state index in [2.05, 4.69) is 10.6 Å². The van der Waals surface area contributed by atoms with Gasteiger partial charge in [-0.05, 0) is 49.7 Å². The maximum atomic E-state index is 12.1. The number of nitrogens with one attached hydrogen (secondary N) is 2. The molecule has 0 aromatic heterocycles. The van der Waals surface area contributed by atoms with Crippen LogP contribution in [0.15, 0.2) is 48.5 Å². The summed E-state index contributed by atoms with van der Waals surface area (Å²) in [5.41, 5.74) is 1.02. The third-order valence-electron chi connectivity index (χ3n) is 3.05. The molecule has 0 fully saturated rings. The van der Waals surface area contributed by atoms with Gasteiger partial charge >= 0.3 is 6.03 Å². The van der Waals surface area contributed by atoms with Gasteiger partial charge in [-0.2, -0.15) is 0 Å². The van der Waals surface area contributed by atoms with Gasteiger partial charge < -0.3 is 10.6 Å². The molecule has 0 aliphatic carbocycles. The molecule has 2 aromatic rings. The molecule has 2 aromatic carbocycles. The Kier molecular flexibility index (Phi) is 4.76. The largest absolute Gasteiger partial charge is 0.329 e. The van der Waals surface area contributed by atoms with Gasteiger partial charge in [-0.1, -0.05) is 41.4 Å². The van der Waals surface area contributed by atoms with Crippen LogP contribution in [0.2, 0.25) is 10.0 Å². The molecule has 0 bridgehead atoms. The molecule has 21 heavy (non-hydrogen) atoms. The number of hydrogen-bond acceptors (Lipinski definition) is 1. The van der Waals surface area contributed by atoms with E-state index in [0.29, 0.717) is 15.7 Å². The summed E-state index contributed by atoms with van der Waals surface area (Å²) in [5, 5.41) is 6.88. The van der Waals surface area contributed by atoms with Gasteiger partial charge in [0.2, 0.25) is 0 Å². The molecule has 110 valence electrons. The van der Waals surface area contributed by atoms with E-state index < -0.39 is 5.54 Å². The van der Waals surface area contributed by atoms with Gasteiger partial charge in [-0.3, -0.25) is 0 Å². The van der Waals surface area contributed by atoms with E-state index in [0.717, 1.165) is 5.56 Å². The number of benzene rings is 2. The Balaban J connectivity index is 2.07. The minimum atomic E-state index is -0.548. The molecule has 2 amide bonds. The monoisotopic (exact) mass is 322 g/mol. The highest BCUT2D eigenvalue weighted by Crippen LogP contribution is 2.23. The van der Waals surface area contributed by atoms with Crippen molar-refractivity contribution in [2.75, 3.05) is 5.32 Å². The Bertz CT molecular complexity index is 656. The van der Waals surface area contributed by atoms with Crippen molar-refractivity contribution in [1.82, 2.24) is 5.32 Å². The number of rotatable bonds is 3. The lowest BCUT2D eigenvalue weighted by Crippen LogP contribution is -2.43. The van der Waals surface area contributed by atoms with Gasteiger partial charge in [-0.15, -0.1) is 0 Å². The SMILES string of the molecule is CC(C)(NC(=O)Nc1cccc(Cl)c1)c1cccc(Cl)c1. The molecule has 5 heteroatoms. The van der Waals surface area contributed by atoms with E-state index in [-0.39, 0.29) is 6.03 Å². The van der Waals surface area contributed by atoms with Gasteiger partial charge in [0, 0.05) is 15.7 Å². The first-order chi connectivity index (χ1) is 9.87. The molecule has 0 saturated heterocycles. The minimum absolute atomic E-state index is 0.303. The van der Waals surface area contributed by atoms with Crippen LogP contribution in [0.25, 0.3) is 0 Å². The Hall–Kier alpha value is -1.71. The van der Waals surface area contributed by atoms with Crippen molar-refractivity contribution in [3.63, 3.8) is 0 Å². The summed E-state index contributed by atoms with van der Waals surface area (Å²) in [6.07, 6.45) is 0. The van der Waals surface area contributed by atoms with Crippen LogP contribution in [0.3, 0.4) is 0 Å². The average Bonchev–Trinajstić information content (AvgIpc) is 2.37. The summed E-state index contributed by atoms with van der Waals surface area (Å²) in [6.45, 7) is 3.83. The molecule has 0 atom stereocenters. The Morgan fingerprint density at radius 1 is 1.00 bits per heavy atom. The topological polar surface area (TPSA) is 41.1 Å². The highest BCUT2D eigenvalue weighted by molar-refractivity contribution is 6.31. The number of hydrogen-bond donors (Lipinski definition) is 2. The maximum absolute atomic E-state index is 12.1. The first-order valence-electron chi connectivity index (χ1n) is 6.47. The van der Waals surface area contributed by atoms with Crippen LogP contribution in [0.1, 0.15) is 19.4 Å². The second kappa shape index (κ2) is 6.37. The summed E-state index contributed by atoms with van der Waals surface area (Å²) in [6, 6.07) is 14.1. The third-order valence-corrected chi connectivity index (χ3v) is 3.53. The van der Waals surface area contributed by atoms with Crippen molar-refractivity contribution in [3.8, 4) is 0 Å². The molecule has 3 nitrogen and oxygen atoms in total. The number of carbonyl (C=O) groups excluding carboxylic acids is 1. The Labute approximate surface area is 134 Å². The molecule has 0 heterocycles. The zero-order valence-corrected chi connectivity index (χ0v) is 13.3. The molecule has 0 aliphatic rings. The summed E-state index contributed by atoms with van der Waals surface area (Å²) in [4.78, 5) is 12.1. The number of halogens is 2. The van der Waals surface area contributed by atoms with Crippen molar-refractivity contribution >= 4 is 34.9 Å². The summed E-state index contributed by atoms with van der Waals surface area (Å²) in [7, 11) is 0. The molecular weight excluding hydrogens is 307 g/mol. The van der Waals surface area contributed by atoms with Crippen molar-refractivity contribution in [2.45, 2.75) is 19.4 Å². The van der Waals surface area contributed by atoms with Crippen LogP contribution in [-0.4, -0.2) is 6.03 Å². The van der Waals surface area contributed by atoms with Crippen molar-refractivity contribution in [1.29, 1.82) is 0 Å². The fraction of sp³-hybridized carbons (Fsp3) is 0.188. The summed E-state index contributed by atoms with van der Waals surface area (Å²) >= 11 is 11.9. The second-order valence-electron chi connectivity index (χ2n) is 5.22. The molecule has 0 spiro atoms.